The molecule has 0 saturated carbocycles. The molecule has 0 N–H and O–H groups in total. The van der Waals surface area contributed by atoms with Crippen LogP contribution in [0.4, 0.5) is 0 Å². The van der Waals surface area contributed by atoms with Gasteiger partial charge in [-0.3, -0.25) is 0 Å². The van der Waals surface area contributed by atoms with Gasteiger partial charge in [-0.15, -0.1) is 0 Å². The van der Waals surface area contributed by atoms with Gasteiger partial charge in [-0.05, 0) is 64.1 Å². The van der Waals surface area contributed by atoms with E-state index in [9.17, 15) is 5.26 Å². The Bertz CT molecular complexity index is 1090. The van der Waals surface area contributed by atoms with Crippen molar-refractivity contribution in [2.75, 3.05) is 7.11 Å². The molecule has 0 aliphatic rings. The average molecular weight is 536 g/mol. The Morgan fingerprint density at radius 1 is 1.10 bits per heavy atom. The number of nitriles is 1. The van der Waals surface area contributed by atoms with Crippen LogP contribution in [0.5, 0.6) is 11.5 Å². The summed E-state index contributed by atoms with van der Waals surface area (Å²) in [6.07, 6.45) is 1.83. The smallest absolute Gasteiger partial charge is 0.174 e. The standard InChI is InChI=1S/C23H16Cl2INO2/c1-28-22-11-15(9-18(13-27)16-5-3-2-4-6-16)10-21(26)23(22)29-14-17-7-8-19(24)12-20(17)25/h2-12H,14H2,1H3/b18-9-. The fraction of sp³-hybridized carbons (Fsp3) is 0.0870. The van der Waals surface area contributed by atoms with Gasteiger partial charge in [0.25, 0.3) is 0 Å². The van der Waals surface area contributed by atoms with E-state index in [1.54, 1.807) is 19.2 Å². The normalized spacial score (nSPS) is 11.1. The van der Waals surface area contributed by atoms with E-state index in [4.69, 9.17) is 32.7 Å². The van der Waals surface area contributed by atoms with Gasteiger partial charge in [0.15, 0.2) is 11.5 Å². The van der Waals surface area contributed by atoms with E-state index in [1.807, 2.05) is 54.6 Å². The van der Waals surface area contributed by atoms with Crippen LogP contribution in [0.25, 0.3) is 11.6 Å². The number of hydrogen-bond acceptors (Lipinski definition) is 3. The Labute approximate surface area is 193 Å². The lowest BCUT2D eigenvalue weighted by Crippen LogP contribution is -2.01. The van der Waals surface area contributed by atoms with E-state index >= 15 is 0 Å². The predicted octanol–water partition coefficient (Wildman–Crippen LogP) is 7.25. The van der Waals surface area contributed by atoms with Crippen LogP contribution in [-0.4, -0.2) is 7.11 Å². The van der Waals surface area contributed by atoms with Crippen LogP contribution in [0.15, 0.2) is 60.7 Å². The molecule has 0 aromatic heterocycles. The highest BCUT2D eigenvalue weighted by atomic mass is 127. The molecule has 0 amide bonds. The summed E-state index contributed by atoms with van der Waals surface area (Å²) >= 11 is 14.4. The number of halogens is 3. The average Bonchev–Trinajstić information content (AvgIpc) is 2.72. The van der Waals surface area contributed by atoms with Gasteiger partial charge in [0, 0.05) is 15.6 Å². The lowest BCUT2D eigenvalue weighted by Gasteiger charge is -2.14. The Hall–Kier alpha value is -2.20. The molecule has 6 heteroatoms. The zero-order chi connectivity index (χ0) is 20.8. The molecule has 0 spiro atoms. The quantitative estimate of drug-likeness (QED) is 0.190. The molecule has 3 aromatic carbocycles. The highest BCUT2D eigenvalue weighted by Crippen LogP contribution is 2.36. The number of nitrogens with zero attached hydrogens (tertiary/aromatic N) is 1. The SMILES string of the molecule is COc1cc(/C=C(/C#N)c2ccccc2)cc(I)c1OCc1ccc(Cl)cc1Cl. The Morgan fingerprint density at radius 3 is 2.52 bits per heavy atom. The summed E-state index contributed by atoms with van der Waals surface area (Å²) in [6, 6.07) is 20.9. The molecule has 3 rings (SSSR count). The molecule has 0 aliphatic heterocycles. The first-order valence-electron chi connectivity index (χ1n) is 8.63. The summed E-state index contributed by atoms with van der Waals surface area (Å²) in [4.78, 5) is 0. The molecule has 3 nitrogen and oxygen atoms in total. The summed E-state index contributed by atoms with van der Waals surface area (Å²) < 4.78 is 12.4. The van der Waals surface area contributed by atoms with Crippen molar-refractivity contribution in [3.05, 3.63) is 91.0 Å². The van der Waals surface area contributed by atoms with Crippen molar-refractivity contribution < 1.29 is 9.47 Å². The molecule has 0 heterocycles. The first-order valence-corrected chi connectivity index (χ1v) is 10.5. The Balaban J connectivity index is 1.89. The second-order valence-corrected chi connectivity index (χ2v) is 8.10. The predicted molar refractivity (Wildman–Crippen MR) is 126 cm³/mol. The minimum atomic E-state index is 0.283. The number of benzene rings is 3. The van der Waals surface area contributed by atoms with Gasteiger partial charge >= 0.3 is 0 Å². The van der Waals surface area contributed by atoms with Gasteiger partial charge in [-0.2, -0.15) is 5.26 Å². The Morgan fingerprint density at radius 2 is 1.86 bits per heavy atom. The molecule has 0 radical (unpaired) electrons. The summed E-state index contributed by atoms with van der Waals surface area (Å²) in [5.41, 5.74) is 3.11. The molecule has 0 saturated heterocycles. The van der Waals surface area contributed by atoms with Gasteiger partial charge in [0.1, 0.15) is 6.61 Å². The van der Waals surface area contributed by atoms with Crippen molar-refractivity contribution >= 4 is 57.4 Å². The van der Waals surface area contributed by atoms with Crippen LogP contribution in [0.3, 0.4) is 0 Å². The fourth-order valence-corrected chi connectivity index (χ4v) is 3.96. The van der Waals surface area contributed by atoms with Gasteiger partial charge in [0.05, 0.1) is 22.3 Å². The Kier molecular flexibility index (Phi) is 7.43. The zero-order valence-electron chi connectivity index (χ0n) is 15.5. The highest BCUT2D eigenvalue weighted by molar-refractivity contribution is 14.1. The van der Waals surface area contributed by atoms with Crippen molar-refractivity contribution in [2.24, 2.45) is 0 Å². The summed E-state index contributed by atoms with van der Waals surface area (Å²) in [5.74, 6) is 1.20. The maximum absolute atomic E-state index is 9.55. The van der Waals surface area contributed by atoms with Crippen LogP contribution in [0, 0.1) is 14.9 Å². The van der Waals surface area contributed by atoms with E-state index in [2.05, 4.69) is 28.7 Å². The number of hydrogen-bond donors (Lipinski definition) is 0. The zero-order valence-corrected chi connectivity index (χ0v) is 19.1. The van der Waals surface area contributed by atoms with Crippen LogP contribution in [0.2, 0.25) is 10.0 Å². The fourth-order valence-electron chi connectivity index (χ4n) is 2.72. The third-order valence-corrected chi connectivity index (χ3v) is 5.54. The maximum Gasteiger partial charge on any atom is 0.174 e. The first-order chi connectivity index (χ1) is 14.0. The second-order valence-electron chi connectivity index (χ2n) is 6.09. The van der Waals surface area contributed by atoms with Gasteiger partial charge in [-0.1, -0.05) is 59.6 Å². The van der Waals surface area contributed by atoms with Crippen molar-refractivity contribution in [1.82, 2.24) is 0 Å². The molecule has 3 aromatic rings. The topological polar surface area (TPSA) is 42.2 Å². The molecule has 0 aliphatic carbocycles. The second kappa shape index (κ2) is 10.0. The third kappa shape index (κ3) is 5.45. The summed E-state index contributed by atoms with van der Waals surface area (Å²) in [7, 11) is 1.59. The lowest BCUT2D eigenvalue weighted by molar-refractivity contribution is 0.282. The van der Waals surface area contributed by atoms with Crippen molar-refractivity contribution in [2.45, 2.75) is 6.61 Å². The maximum atomic E-state index is 9.55. The molecule has 0 unspecified atom stereocenters. The van der Waals surface area contributed by atoms with Gasteiger partial charge < -0.3 is 9.47 Å². The number of ether oxygens (including phenoxy) is 2. The molecule has 0 atom stereocenters. The van der Waals surface area contributed by atoms with E-state index < -0.39 is 0 Å². The van der Waals surface area contributed by atoms with Gasteiger partial charge in [-0.25, -0.2) is 0 Å². The minimum Gasteiger partial charge on any atom is -0.493 e. The van der Waals surface area contributed by atoms with Crippen LogP contribution < -0.4 is 9.47 Å². The molecule has 146 valence electrons. The van der Waals surface area contributed by atoms with E-state index in [0.29, 0.717) is 27.1 Å². The number of allylic oxidation sites excluding steroid dienone is 1. The van der Waals surface area contributed by atoms with Crippen molar-refractivity contribution in [3.8, 4) is 17.6 Å². The monoisotopic (exact) mass is 535 g/mol. The summed E-state index contributed by atoms with van der Waals surface area (Å²) in [5, 5.41) is 10.7. The van der Waals surface area contributed by atoms with E-state index in [0.717, 1.165) is 20.3 Å². The number of methoxy groups -OCH3 is 1. The van der Waals surface area contributed by atoms with Crippen molar-refractivity contribution in [1.29, 1.82) is 5.26 Å². The molecule has 0 bridgehead atoms. The third-order valence-electron chi connectivity index (χ3n) is 4.16. The van der Waals surface area contributed by atoms with Crippen LogP contribution >= 0.6 is 45.8 Å². The first kappa shape index (κ1) is 21.5. The molecule has 0 fully saturated rings. The van der Waals surface area contributed by atoms with Crippen molar-refractivity contribution in [3.63, 3.8) is 0 Å². The molecular weight excluding hydrogens is 520 g/mol. The van der Waals surface area contributed by atoms with E-state index in [-0.39, 0.29) is 6.61 Å². The largest absolute Gasteiger partial charge is 0.493 e. The van der Waals surface area contributed by atoms with E-state index in [1.165, 1.54) is 0 Å². The lowest BCUT2D eigenvalue weighted by atomic mass is 10.0. The minimum absolute atomic E-state index is 0.283. The van der Waals surface area contributed by atoms with Gasteiger partial charge in [0.2, 0.25) is 0 Å². The summed E-state index contributed by atoms with van der Waals surface area (Å²) in [6.45, 7) is 0.283. The molecule has 29 heavy (non-hydrogen) atoms. The molecular formula is C23H16Cl2INO2. The highest BCUT2D eigenvalue weighted by Gasteiger charge is 2.13. The van der Waals surface area contributed by atoms with Crippen LogP contribution in [0.1, 0.15) is 16.7 Å². The number of rotatable bonds is 6. The van der Waals surface area contributed by atoms with Crippen LogP contribution in [-0.2, 0) is 6.61 Å².